The first kappa shape index (κ1) is 26.6. The topological polar surface area (TPSA) is 200 Å². The standard InChI is InChI=1S/C16H29N5O7S/c1-8(2)3-10(20-12(23)4-18-14(25)9(17)6-22)15(26)19-5-13(24)21-11(7-29)16(27)28/h8-11,22,29H,3-7,17H2,1-2H3,(H,18,25)(H,19,26)(H,20,23)(H,21,24)(H,27,28). The van der Waals surface area contributed by atoms with Gasteiger partial charge in [-0.15, -0.1) is 0 Å². The van der Waals surface area contributed by atoms with Crippen molar-refractivity contribution in [2.75, 3.05) is 25.4 Å². The molecule has 3 unspecified atom stereocenters. The van der Waals surface area contributed by atoms with Gasteiger partial charge < -0.3 is 37.2 Å². The van der Waals surface area contributed by atoms with Gasteiger partial charge in [-0.3, -0.25) is 19.2 Å². The van der Waals surface area contributed by atoms with Crippen LogP contribution in [-0.4, -0.2) is 83.4 Å². The summed E-state index contributed by atoms with van der Waals surface area (Å²) in [4.78, 5) is 58.4. The Bertz CT molecular complexity index is 602. The fourth-order valence-corrected chi connectivity index (χ4v) is 2.30. The second kappa shape index (κ2) is 13.7. The molecule has 0 aliphatic rings. The van der Waals surface area contributed by atoms with Crippen LogP contribution in [0, 0.1) is 5.92 Å². The number of hydrogen-bond acceptors (Lipinski definition) is 8. The molecule has 0 fully saturated rings. The van der Waals surface area contributed by atoms with E-state index in [1.165, 1.54) is 0 Å². The van der Waals surface area contributed by atoms with Gasteiger partial charge in [0.2, 0.25) is 23.6 Å². The van der Waals surface area contributed by atoms with Gasteiger partial charge in [0.05, 0.1) is 19.7 Å². The Morgan fingerprint density at radius 3 is 1.83 bits per heavy atom. The predicted molar refractivity (Wildman–Crippen MR) is 106 cm³/mol. The summed E-state index contributed by atoms with van der Waals surface area (Å²) in [7, 11) is 0. The predicted octanol–water partition coefficient (Wildman–Crippen LogP) is -3.43. The van der Waals surface area contributed by atoms with E-state index >= 15 is 0 Å². The van der Waals surface area contributed by atoms with Crippen LogP contribution in [0.3, 0.4) is 0 Å². The molecule has 0 aliphatic carbocycles. The van der Waals surface area contributed by atoms with Crippen LogP contribution in [0.2, 0.25) is 0 Å². The molecule has 13 heteroatoms. The maximum atomic E-state index is 12.3. The van der Waals surface area contributed by atoms with E-state index in [-0.39, 0.29) is 18.1 Å². The fourth-order valence-electron chi connectivity index (χ4n) is 2.05. The van der Waals surface area contributed by atoms with Crippen molar-refractivity contribution in [1.82, 2.24) is 21.3 Å². The van der Waals surface area contributed by atoms with Gasteiger partial charge in [-0.2, -0.15) is 12.6 Å². The van der Waals surface area contributed by atoms with Gasteiger partial charge in [-0.1, -0.05) is 13.8 Å². The molecule has 0 aromatic rings. The van der Waals surface area contributed by atoms with Crippen LogP contribution in [0.25, 0.3) is 0 Å². The SMILES string of the molecule is CC(C)CC(NC(=O)CNC(=O)C(N)CO)C(=O)NCC(=O)NC(CS)C(=O)O. The molecule has 29 heavy (non-hydrogen) atoms. The summed E-state index contributed by atoms with van der Waals surface area (Å²) >= 11 is 3.82. The summed E-state index contributed by atoms with van der Waals surface area (Å²) < 4.78 is 0. The molecule has 0 aromatic carbocycles. The molecule has 0 spiro atoms. The van der Waals surface area contributed by atoms with E-state index in [2.05, 4.69) is 33.9 Å². The maximum absolute atomic E-state index is 12.3. The average molecular weight is 436 g/mol. The quantitative estimate of drug-likeness (QED) is 0.137. The Morgan fingerprint density at radius 2 is 1.41 bits per heavy atom. The van der Waals surface area contributed by atoms with Crippen molar-refractivity contribution in [3.8, 4) is 0 Å². The normalized spacial score (nSPS) is 13.7. The molecule has 3 atom stereocenters. The molecule has 8 N–H and O–H groups in total. The molecule has 0 heterocycles. The monoisotopic (exact) mass is 435 g/mol. The molecule has 0 saturated heterocycles. The lowest BCUT2D eigenvalue weighted by Crippen LogP contribution is -2.53. The lowest BCUT2D eigenvalue weighted by molar-refractivity contribution is -0.141. The number of aliphatic hydroxyl groups is 1. The summed E-state index contributed by atoms with van der Waals surface area (Å²) in [6.45, 7) is 2.14. The third-order valence-electron chi connectivity index (χ3n) is 3.55. The largest absolute Gasteiger partial charge is 0.480 e. The number of aliphatic hydroxyl groups excluding tert-OH is 1. The van der Waals surface area contributed by atoms with Crippen molar-refractivity contribution in [1.29, 1.82) is 0 Å². The van der Waals surface area contributed by atoms with Gasteiger partial charge in [-0.25, -0.2) is 4.79 Å². The van der Waals surface area contributed by atoms with Crippen LogP contribution >= 0.6 is 12.6 Å². The highest BCUT2D eigenvalue weighted by Crippen LogP contribution is 2.05. The van der Waals surface area contributed by atoms with Gasteiger partial charge >= 0.3 is 5.97 Å². The molecule has 0 bridgehead atoms. The minimum absolute atomic E-state index is 0.0258. The number of aliphatic carboxylic acids is 1. The van der Waals surface area contributed by atoms with Gasteiger partial charge in [0, 0.05) is 5.75 Å². The van der Waals surface area contributed by atoms with E-state index in [1.54, 1.807) is 0 Å². The number of thiol groups is 1. The number of rotatable bonds is 13. The minimum Gasteiger partial charge on any atom is -0.480 e. The van der Waals surface area contributed by atoms with Crippen molar-refractivity contribution in [2.24, 2.45) is 11.7 Å². The molecule has 166 valence electrons. The van der Waals surface area contributed by atoms with Crippen molar-refractivity contribution in [3.63, 3.8) is 0 Å². The number of carbonyl (C=O) groups is 5. The van der Waals surface area contributed by atoms with Gasteiger partial charge in [0.1, 0.15) is 18.1 Å². The molecule has 0 radical (unpaired) electrons. The van der Waals surface area contributed by atoms with E-state index < -0.39 is 67.4 Å². The van der Waals surface area contributed by atoms with E-state index in [1.807, 2.05) is 13.8 Å². The molecule has 0 rings (SSSR count). The van der Waals surface area contributed by atoms with Crippen LogP contribution < -0.4 is 27.0 Å². The Balaban J connectivity index is 4.69. The van der Waals surface area contributed by atoms with E-state index in [9.17, 15) is 24.0 Å². The van der Waals surface area contributed by atoms with Crippen LogP contribution in [0.5, 0.6) is 0 Å². The van der Waals surface area contributed by atoms with Crippen molar-refractivity contribution in [3.05, 3.63) is 0 Å². The molecule has 0 saturated carbocycles. The number of carboxylic acid groups (broad SMARTS) is 1. The third kappa shape index (κ3) is 11.3. The molecule has 0 aliphatic heterocycles. The third-order valence-corrected chi connectivity index (χ3v) is 3.92. The van der Waals surface area contributed by atoms with Gasteiger partial charge in [-0.05, 0) is 12.3 Å². The van der Waals surface area contributed by atoms with E-state index in [0.717, 1.165) is 0 Å². The highest BCUT2D eigenvalue weighted by Gasteiger charge is 2.24. The van der Waals surface area contributed by atoms with E-state index in [4.69, 9.17) is 15.9 Å². The fraction of sp³-hybridized carbons (Fsp3) is 0.688. The molecule has 0 aromatic heterocycles. The van der Waals surface area contributed by atoms with Crippen LogP contribution in [0.4, 0.5) is 0 Å². The summed E-state index contributed by atoms with van der Waals surface area (Å²) in [5, 5.41) is 26.9. The number of amides is 4. The first-order valence-electron chi connectivity index (χ1n) is 8.86. The minimum atomic E-state index is -1.26. The van der Waals surface area contributed by atoms with Crippen LogP contribution in [0.15, 0.2) is 0 Å². The Kier molecular flexibility index (Phi) is 12.6. The smallest absolute Gasteiger partial charge is 0.327 e. The van der Waals surface area contributed by atoms with Gasteiger partial charge in [0.15, 0.2) is 0 Å². The Labute approximate surface area is 173 Å². The second-order valence-corrected chi connectivity index (χ2v) is 6.98. The molecular weight excluding hydrogens is 406 g/mol. The first-order valence-corrected chi connectivity index (χ1v) is 9.49. The number of hydrogen-bond donors (Lipinski definition) is 8. The van der Waals surface area contributed by atoms with Crippen molar-refractivity contribution < 1.29 is 34.2 Å². The lowest BCUT2D eigenvalue weighted by atomic mass is 10.0. The molecular formula is C16H29N5O7S. The highest BCUT2D eigenvalue weighted by atomic mass is 32.1. The zero-order valence-corrected chi connectivity index (χ0v) is 17.2. The van der Waals surface area contributed by atoms with Crippen LogP contribution in [-0.2, 0) is 24.0 Å². The summed E-state index contributed by atoms with van der Waals surface area (Å²) in [6, 6.07) is -3.33. The Morgan fingerprint density at radius 1 is 0.931 bits per heavy atom. The maximum Gasteiger partial charge on any atom is 0.327 e. The zero-order valence-electron chi connectivity index (χ0n) is 16.3. The average Bonchev–Trinajstić information content (AvgIpc) is 2.66. The number of carboxylic acids is 1. The summed E-state index contributed by atoms with van der Waals surface area (Å²) in [6.07, 6.45) is 0.262. The lowest BCUT2D eigenvalue weighted by Gasteiger charge is -2.21. The Hall–Kier alpha value is -2.38. The zero-order chi connectivity index (χ0) is 22.6. The summed E-state index contributed by atoms with van der Waals surface area (Å²) in [5.41, 5.74) is 5.31. The van der Waals surface area contributed by atoms with Crippen molar-refractivity contribution >= 4 is 42.2 Å². The summed E-state index contributed by atoms with van der Waals surface area (Å²) in [5.74, 6) is -4.09. The highest BCUT2D eigenvalue weighted by molar-refractivity contribution is 7.80. The van der Waals surface area contributed by atoms with E-state index in [0.29, 0.717) is 0 Å². The number of carbonyl (C=O) groups excluding carboxylic acids is 4. The molecule has 12 nitrogen and oxygen atoms in total. The second-order valence-electron chi connectivity index (χ2n) is 6.62. The number of nitrogens with two attached hydrogens (primary N) is 1. The van der Waals surface area contributed by atoms with Crippen LogP contribution in [0.1, 0.15) is 20.3 Å². The van der Waals surface area contributed by atoms with Crippen molar-refractivity contribution in [2.45, 2.75) is 38.4 Å². The van der Waals surface area contributed by atoms with Gasteiger partial charge in [0.25, 0.3) is 0 Å². The number of nitrogens with one attached hydrogen (secondary N) is 4. The first-order chi connectivity index (χ1) is 13.5. The molecule has 4 amide bonds.